The second kappa shape index (κ2) is 21.5. The number of hydrogen-bond donors (Lipinski definition) is 4. The van der Waals surface area contributed by atoms with E-state index in [9.17, 15) is 30.0 Å². The zero-order valence-electron chi connectivity index (χ0n) is 32.8. The van der Waals surface area contributed by atoms with Crippen LogP contribution in [-0.2, 0) is 4.79 Å². The first kappa shape index (κ1) is 42.4. The first-order chi connectivity index (χ1) is 27.2. The van der Waals surface area contributed by atoms with E-state index in [4.69, 9.17) is 23.7 Å². The highest BCUT2D eigenvalue weighted by atomic mass is 16.6. The molecule has 304 valence electrons. The minimum Gasteiger partial charge on any atom is -0.507 e. The van der Waals surface area contributed by atoms with Crippen molar-refractivity contribution in [2.24, 2.45) is 0 Å². The number of carbonyl (C=O) groups is 2. The maximum atomic E-state index is 13.3. The molecule has 0 amide bonds. The first-order valence-corrected chi connectivity index (χ1v) is 20.3. The summed E-state index contributed by atoms with van der Waals surface area (Å²) in [7, 11) is 1.42. The van der Waals surface area contributed by atoms with Crippen molar-refractivity contribution in [3.8, 4) is 40.2 Å². The molecule has 3 aromatic rings. The molecule has 3 aromatic carbocycles. The molecule has 0 saturated heterocycles. The van der Waals surface area contributed by atoms with Gasteiger partial charge in [0.05, 0.1) is 13.7 Å². The van der Waals surface area contributed by atoms with Crippen LogP contribution >= 0.6 is 0 Å². The SMILES string of the molecule is CCCCCCCC/C=C\CCCCCCCCCC(=O)Oc1cc(O)c2c(c1)O[C@H](c1ccc3c(c1)OC(c1ccc(O)c(OC)c1)C(CO)O3)[C@@H](O)C2=O. The van der Waals surface area contributed by atoms with E-state index in [0.29, 0.717) is 23.3 Å². The second-order valence-electron chi connectivity index (χ2n) is 14.7. The number of Topliss-reactive ketones (excluding diaryl/α,β-unsaturated/α-hetero) is 1. The zero-order valence-corrected chi connectivity index (χ0v) is 32.8. The summed E-state index contributed by atoms with van der Waals surface area (Å²) in [4.78, 5) is 26.0. The monoisotopic (exact) mass is 774 g/mol. The average molecular weight is 775 g/mol. The maximum Gasteiger partial charge on any atom is 0.311 e. The van der Waals surface area contributed by atoms with Gasteiger partial charge in [0, 0.05) is 24.1 Å². The number of ether oxygens (including phenoxy) is 5. The highest BCUT2D eigenvalue weighted by Crippen LogP contribution is 2.46. The fourth-order valence-corrected chi connectivity index (χ4v) is 7.20. The number of aliphatic hydroxyl groups excluding tert-OH is 2. The third-order valence-corrected chi connectivity index (χ3v) is 10.4. The topological polar surface area (TPSA) is 161 Å². The molecule has 0 bridgehead atoms. The van der Waals surface area contributed by atoms with Gasteiger partial charge < -0.3 is 44.1 Å². The van der Waals surface area contributed by atoms with E-state index < -0.39 is 41.9 Å². The van der Waals surface area contributed by atoms with Crippen LogP contribution in [0.1, 0.15) is 143 Å². The molecule has 0 aliphatic carbocycles. The van der Waals surface area contributed by atoms with E-state index in [1.807, 2.05) is 0 Å². The molecule has 0 fully saturated rings. The minimum atomic E-state index is -1.66. The number of ketones is 1. The molecule has 0 spiro atoms. The number of fused-ring (bicyclic) bond motifs is 2. The number of esters is 1. The van der Waals surface area contributed by atoms with Gasteiger partial charge in [-0.2, -0.15) is 0 Å². The number of phenolic OH excluding ortho intramolecular Hbond substituents is 2. The van der Waals surface area contributed by atoms with Crippen molar-refractivity contribution in [1.82, 2.24) is 0 Å². The third kappa shape index (κ3) is 11.4. The Labute approximate surface area is 330 Å². The molecule has 0 saturated carbocycles. The number of phenols is 2. The summed E-state index contributed by atoms with van der Waals surface area (Å²) in [5, 5.41) is 41.9. The third-order valence-electron chi connectivity index (χ3n) is 10.4. The van der Waals surface area contributed by atoms with Gasteiger partial charge in [0.2, 0.25) is 5.78 Å². The molecule has 11 nitrogen and oxygen atoms in total. The van der Waals surface area contributed by atoms with Crippen LogP contribution in [0.2, 0.25) is 0 Å². The lowest BCUT2D eigenvalue weighted by Crippen LogP contribution is -2.37. The summed E-state index contributed by atoms with van der Waals surface area (Å²) in [6.45, 7) is 1.89. The molecule has 2 aliphatic heterocycles. The standard InChI is InChI=1S/C45H58O11/c1-3-4-5-6-7-8-9-10-11-12-13-14-15-16-17-18-19-20-40(49)53-32-27-34(48)41-38(28-32)56-45(43(51)42(41)50)31-22-24-35-37(26-31)55-44(39(29-46)54-35)30-21-23-33(47)36(25-30)52-2/h10-11,21-28,39,43-48,51H,3-9,12-20,29H2,1-2H3/b11-10-/t39?,43-,44?,45+/m0/s1. The number of benzene rings is 3. The van der Waals surface area contributed by atoms with Crippen LogP contribution in [0.3, 0.4) is 0 Å². The van der Waals surface area contributed by atoms with E-state index in [0.717, 1.165) is 25.7 Å². The summed E-state index contributed by atoms with van der Waals surface area (Å²) in [6, 6.07) is 12.0. The van der Waals surface area contributed by atoms with Crippen molar-refractivity contribution in [3.05, 3.63) is 77.4 Å². The molecule has 56 heavy (non-hydrogen) atoms. The van der Waals surface area contributed by atoms with Crippen molar-refractivity contribution in [2.75, 3.05) is 13.7 Å². The Morgan fingerprint density at radius 1 is 0.714 bits per heavy atom. The number of rotatable bonds is 22. The van der Waals surface area contributed by atoms with Crippen LogP contribution in [0.25, 0.3) is 0 Å². The number of allylic oxidation sites excluding steroid dienone is 2. The van der Waals surface area contributed by atoms with Crippen molar-refractivity contribution in [1.29, 1.82) is 0 Å². The van der Waals surface area contributed by atoms with Gasteiger partial charge in [-0.1, -0.05) is 95.4 Å². The Morgan fingerprint density at radius 3 is 2.02 bits per heavy atom. The molecule has 2 aliphatic rings. The van der Waals surface area contributed by atoms with Crippen LogP contribution in [0.5, 0.6) is 40.2 Å². The molecule has 11 heteroatoms. The molecule has 5 rings (SSSR count). The van der Waals surface area contributed by atoms with E-state index in [1.165, 1.54) is 89.5 Å². The molecule has 4 N–H and O–H groups in total. The van der Waals surface area contributed by atoms with Crippen LogP contribution in [0.4, 0.5) is 0 Å². The van der Waals surface area contributed by atoms with E-state index in [-0.39, 0.29) is 47.3 Å². The Hall–Kier alpha value is -4.74. The Kier molecular flexibility index (Phi) is 16.3. The zero-order chi connectivity index (χ0) is 39.9. The van der Waals surface area contributed by atoms with E-state index >= 15 is 0 Å². The molecule has 2 heterocycles. The smallest absolute Gasteiger partial charge is 0.311 e. The van der Waals surface area contributed by atoms with E-state index in [2.05, 4.69) is 19.1 Å². The van der Waals surface area contributed by atoms with Crippen LogP contribution in [0.15, 0.2) is 60.7 Å². The summed E-state index contributed by atoms with van der Waals surface area (Å²) in [6.07, 6.45) is 18.2. The van der Waals surface area contributed by atoms with Gasteiger partial charge in [-0.05, 0) is 61.9 Å². The first-order valence-electron chi connectivity index (χ1n) is 20.3. The highest BCUT2D eigenvalue weighted by molar-refractivity contribution is 6.05. The predicted octanol–water partition coefficient (Wildman–Crippen LogP) is 9.38. The fraction of sp³-hybridized carbons (Fsp3) is 0.511. The Balaban J connectivity index is 1.09. The molecule has 0 radical (unpaired) electrons. The van der Waals surface area contributed by atoms with Gasteiger partial charge in [-0.3, -0.25) is 9.59 Å². The Morgan fingerprint density at radius 2 is 1.34 bits per heavy atom. The second-order valence-corrected chi connectivity index (χ2v) is 14.7. The normalized spacial score (nSPS) is 18.8. The predicted molar refractivity (Wildman–Crippen MR) is 212 cm³/mol. The molecular weight excluding hydrogens is 716 g/mol. The highest BCUT2D eigenvalue weighted by Gasteiger charge is 2.41. The summed E-state index contributed by atoms with van der Waals surface area (Å²) >= 11 is 0. The lowest BCUT2D eigenvalue weighted by Gasteiger charge is -2.35. The number of unbranched alkanes of at least 4 members (excludes halogenated alkanes) is 13. The lowest BCUT2D eigenvalue weighted by atomic mass is 9.92. The van der Waals surface area contributed by atoms with Gasteiger partial charge in [0.25, 0.3) is 0 Å². The van der Waals surface area contributed by atoms with Gasteiger partial charge in [-0.15, -0.1) is 0 Å². The van der Waals surface area contributed by atoms with Gasteiger partial charge in [0.15, 0.2) is 47.4 Å². The molecule has 2 unspecified atom stereocenters. The summed E-state index contributed by atoms with van der Waals surface area (Å²) < 4.78 is 29.1. The van der Waals surface area contributed by atoms with Crippen molar-refractivity contribution in [2.45, 2.75) is 134 Å². The van der Waals surface area contributed by atoms with Crippen molar-refractivity contribution < 1.29 is 53.7 Å². The summed E-state index contributed by atoms with van der Waals surface area (Å²) in [5.74, 6) is -0.921. The molecule has 4 atom stereocenters. The largest absolute Gasteiger partial charge is 0.507 e. The Bertz CT molecular complexity index is 1770. The van der Waals surface area contributed by atoms with Crippen LogP contribution in [0, 0.1) is 0 Å². The number of aliphatic hydroxyl groups is 2. The van der Waals surface area contributed by atoms with Gasteiger partial charge in [-0.25, -0.2) is 0 Å². The van der Waals surface area contributed by atoms with Crippen LogP contribution < -0.4 is 23.7 Å². The number of carbonyl (C=O) groups excluding carboxylic acids is 2. The van der Waals surface area contributed by atoms with Crippen molar-refractivity contribution >= 4 is 11.8 Å². The number of hydrogen-bond acceptors (Lipinski definition) is 11. The molecule has 0 aromatic heterocycles. The van der Waals surface area contributed by atoms with Gasteiger partial charge in [0.1, 0.15) is 22.8 Å². The van der Waals surface area contributed by atoms with Gasteiger partial charge >= 0.3 is 5.97 Å². The number of aromatic hydroxyl groups is 2. The average Bonchev–Trinajstić information content (AvgIpc) is 3.19. The van der Waals surface area contributed by atoms with Crippen molar-refractivity contribution in [3.63, 3.8) is 0 Å². The lowest BCUT2D eigenvalue weighted by molar-refractivity contribution is -0.134. The minimum absolute atomic E-state index is 0.0274. The van der Waals surface area contributed by atoms with Crippen LogP contribution in [-0.4, -0.2) is 58.1 Å². The fourth-order valence-electron chi connectivity index (χ4n) is 7.20. The quantitative estimate of drug-likeness (QED) is 0.0333. The number of methoxy groups -OCH3 is 1. The summed E-state index contributed by atoms with van der Waals surface area (Å²) in [5.41, 5.74) is 0.747. The van der Waals surface area contributed by atoms with E-state index in [1.54, 1.807) is 30.3 Å². The maximum absolute atomic E-state index is 13.3. The molecular formula is C45H58O11.